The topological polar surface area (TPSA) is 12.9 Å². The number of hydrogen-bond acceptors (Lipinski definition) is 2. The van der Waals surface area contributed by atoms with Crippen molar-refractivity contribution in [3.8, 4) is 10.6 Å². The summed E-state index contributed by atoms with van der Waals surface area (Å²) in [5, 5.41) is 2.93. The molecule has 0 aliphatic rings. The van der Waals surface area contributed by atoms with E-state index in [4.69, 9.17) is 0 Å². The highest BCUT2D eigenvalue weighted by Gasteiger charge is 2.10. The van der Waals surface area contributed by atoms with Crippen molar-refractivity contribution < 1.29 is 4.39 Å². The molecule has 0 N–H and O–H groups in total. The molecule has 1 aromatic heterocycles. The fraction of sp³-hybridized carbons (Fsp3) is 0.308. The molecule has 0 aliphatic carbocycles. The first kappa shape index (κ1) is 12.7. The average Bonchev–Trinajstić information content (AvgIpc) is 2.76. The van der Waals surface area contributed by atoms with Crippen molar-refractivity contribution in [1.29, 1.82) is 0 Å². The standard InChI is InChI=1S/C13H13BrFNS/c1-3-8(2)12-7-17-13(16-12)9-4-10(14)6-11(15)5-9/h4-8H,3H2,1-2H3. The molecule has 17 heavy (non-hydrogen) atoms. The molecule has 90 valence electrons. The lowest BCUT2D eigenvalue weighted by atomic mass is 10.1. The van der Waals surface area contributed by atoms with Gasteiger partial charge in [-0.25, -0.2) is 9.37 Å². The molecule has 4 heteroatoms. The largest absolute Gasteiger partial charge is 0.241 e. The molecule has 2 aromatic rings. The van der Waals surface area contributed by atoms with Gasteiger partial charge < -0.3 is 0 Å². The number of nitrogens with zero attached hydrogens (tertiary/aromatic N) is 1. The fourth-order valence-electron chi connectivity index (χ4n) is 1.53. The van der Waals surface area contributed by atoms with Gasteiger partial charge in [-0.1, -0.05) is 29.8 Å². The predicted molar refractivity (Wildman–Crippen MR) is 73.9 cm³/mol. The molecule has 1 nitrogen and oxygen atoms in total. The van der Waals surface area contributed by atoms with Crippen molar-refractivity contribution in [3.05, 3.63) is 39.6 Å². The fourth-order valence-corrected chi connectivity index (χ4v) is 2.93. The van der Waals surface area contributed by atoms with Gasteiger partial charge in [0.25, 0.3) is 0 Å². The second-order valence-electron chi connectivity index (χ2n) is 4.04. The molecule has 1 aromatic carbocycles. The summed E-state index contributed by atoms with van der Waals surface area (Å²) in [7, 11) is 0. The van der Waals surface area contributed by atoms with E-state index >= 15 is 0 Å². The Labute approximate surface area is 113 Å². The van der Waals surface area contributed by atoms with Crippen LogP contribution in [-0.4, -0.2) is 4.98 Å². The minimum absolute atomic E-state index is 0.241. The Kier molecular flexibility index (Phi) is 3.94. The van der Waals surface area contributed by atoms with Gasteiger partial charge in [-0.05, 0) is 30.5 Å². The zero-order valence-electron chi connectivity index (χ0n) is 9.71. The van der Waals surface area contributed by atoms with Crippen LogP contribution in [0.2, 0.25) is 0 Å². The number of hydrogen-bond donors (Lipinski definition) is 0. The molecule has 0 aliphatic heterocycles. The number of thiazole rings is 1. The molecular weight excluding hydrogens is 301 g/mol. The monoisotopic (exact) mass is 313 g/mol. The maximum Gasteiger partial charge on any atom is 0.125 e. The number of halogens is 2. The van der Waals surface area contributed by atoms with Crippen molar-refractivity contribution in [3.63, 3.8) is 0 Å². The third-order valence-corrected chi connectivity index (χ3v) is 4.12. The van der Waals surface area contributed by atoms with Gasteiger partial charge in [0.15, 0.2) is 0 Å². The van der Waals surface area contributed by atoms with E-state index in [0.717, 1.165) is 27.2 Å². The molecule has 1 unspecified atom stereocenters. The lowest BCUT2D eigenvalue weighted by Crippen LogP contribution is -1.91. The summed E-state index contributed by atoms with van der Waals surface area (Å²) < 4.78 is 14.0. The smallest absolute Gasteiger partial charge is 0.125 e. The maximum atomic E-state index is 13.3. The van der Waals surface area contributed by atoms with Crippen LogP contribution < -0.4 is 0 Å². The van der Waals surface area contributed by atoms with Gasteiger partial charge in [-0.3, -0.25) is 0 Å². The summed E-state index contributed by atoms with van der Waals surface area (Å²) in [6.07, 6.45) is 1.07. The Hall–Kier alpha value is -0.740. The van der Waals surface area contributed by atoms with E-state index in [9.17, 15) is 4.39 Å². The minimum Gasteiger partial charge on any atom is -0.241 e. The molecule has 0 spiro atoms. The molecule has 2 rings (SSSR count). The van der Waals surface area contributed by atoms with Crippen LogP contribution in [0.1, 0.15) is 31.9 Å². The van der Waals surface area contributed by atoms with Crippen LogP contribution >= 0.6 is 27.3 Å². The van der Waals surface area contributed by atoms with Crippen LogP contribution in [0.5, 0.6) is 0 Å². The van der Waals surface area contributed by atoms with Crippen LogP contribution in [0, 0.1) is 5.82 Å². The van der Waals surface area contributed by atoms with Gasteiger partial charge in [0.05, 0.1) is 5.69 Å². The SMILES string of the molecule is CCC(C)c1csc(-c2cc(F)cc(Br)c2)n1. The van der Waals surface area contributed by atoms with Crippen molar-refractivity contribution in [2.45, 2.75) is 26.2 Å². The third kappa shape index (κ3) is 2.93. The number of rotatable bonds is 3. The summed E-state index contributed by atoms with van der Waals surface area (Å²) in [5.41, 5.74) is 1.92. The van der Waals surface area contributed by atoms with E-state index in [0.29, 0.717) is 5.92 Å². The molecular formula is C13H13BrFNS. The Balaban J connectivity index is 2.36. The zero-order chi connectivity index (χ0) is 12.4. The van der Waals surface area contributed by atoms with E-state index in [1.165, 1.54) is 12.1 Å². The predicted octanol–water partition coefficient (Wildman–Crippen LogP) is 5.23. The highest BCUT2D eigenvalue weighted by molar-refractivity contribution is 9.10. The van der Waals surface area contributed by atoms with Crippen LogP contribution in [0.15, 0.2) is 28.1 Å². The Bertz CT molecular complexity index is 504. The molecule has 1 heterocycles. The molecule has 0 saturated carbocycles. The van der Waals surface area contributed by atoms with Crippen LogP contribution in [0.4, 0.5) is 4.39 Å². The van der Waals surface area contributed by atoms with E-state index in [1.54, 1.807) is 11.3 Å². The highest BCUT2D eigenvalue weighted by Crippen LogP contribution is 2.30. The second-order valence-corrected chi connectivity index (χ2v) is 5.82. The summed E-state index contributed by atoms with van der Waals surface area (Å²) in [5.74, 6) is 0.215. The molecule has 0 fully saturated rings. The Morgan fingerprint density at radius 1 is 1.41 bits per heavy atom. The average molecular weight is 314 g/mol. The van der Waals surface area contributed by atoms with E-state index < -0.39 is 0 Å². The van der Waals surface area contributed by atoms with E-state index in [1.807, 2.05) is 6.07 Å². The first-order valence-electron chi connectivity index (χ1n) is 5.52. The zero-order valence-corrected chi connectivity index (χ0v) is 12.1. The van der Waals surface area contributed by atoms with Crippen LogP contribution in [0.25, 0.3) is 10.6 Å². The van der Waals surface area contributed by atoms with Gasteiger partial charge in [-0.2, -0.15) is 0 Å². The van der Waals surface area contributed by atoms with Gasteiger partial charge >= 0.3 is 0 Å². The highest BCUT2D eigenvalue weighted by atomic mass is 79.9. The van der Waals surface area contributed by atoms with Gasteiger partial charge in [0, 0.05) is 15.4 Å². The van der Waals surface area contributed by atoms with Crippen molar-refractivity contribution >= 4 is 27.3 Å². The molecule has 0 bridgehead atoms. The lowest BCUT2D eigenvalue weighted by Gasteiger charge is -2.03. The van der Waals surface area contributed by atoms with Gasteiger partial charge in [0.2, 0.25) is 0 Å². The summed E-state index contributed by atoms with van der Waals surface area (Å²) in [4.78, 5) is 4.56. The van der Waals surface area contributed by atoms with Crippen molar-refractivity contribution in [1.82, 2.24) is 4.98 Å². The molecule has 1 atom stereocenters. The number of benzene rings is 1. The van der Waals surface area contributed by atoms with Crippen molar-refractivity contribution in [2.75, 3.05) is 0 Å². The first-order valence-corrected chi connectivity index (χ1v) is 7.19. The Morgan fingerprint density at radius 2 is 2.18 bits per heavy atom. The maximum absolute atomic E-state index is 13.3. The Morgan fingerprint density at radius 3 is 2.82 bits per heavy atom. The summed E-state index contributed by atoms with van der Waals surface area (Å²) >= 11 is 4.86. The molecule has 0 saturated heterocycles. The number of aromatic nitrogens is 1. The van der Waals surface area contributed by atoms with Gasteiger partial charge in [-0.15, -0.1) is 11.3 Å². The quantitative estimate of drug-likeness (QED) is 0.756. The second kappa shape index (κ2) is 5.27. The summed E-state index contributed by atoms with van der Waals surface area (Å²) in [6, 6.07) is 4.86. The van der Waals surface area contributed by atoms with Crippen molar-refractivity contribution in [2.24, 2.45) is 0 Å². The minimum atomic E-state index is -0.241. The normalized spacial score (nSPS) is 12.7. The van der Waals surface area contributed by atoms with Crippen LogP contribution in [0.3, 0.4) is 0 Å². The lowest BCUT2D eigenvalue weighted by molar-refractivity contribution is 0.627. The van der Waals surface area contributed by atoms with Gasteiger partial charge in [0.1, 0.15) is 10.8 Å². The molecule has 0 amide bonds. The molecule has 0 radical (unpaired) electrons. The van der Waals surface area contributed by atoms with E-state index in [-0.39, 0.29) is 5.82 Å². The first-order chi connectivity index (χ1) is 8.10. The third-order valence-electron chi connectivity index (χ3n) is 2.75. The van der Waals surface area contributed by atoms with E-state index in [2.05, 4.69) is 40.1 Å². The van der Waals surface area contributed by atoms with Crippen LogP contribution in [-0.2, 0) is 0 Å². The summed E-state index contributed by atoms with van der Waals surface area (Å²) in [6.45, 7) is 4.29.